The van der Waals surface area contributed by atoms with E-state index < -0.39 is 0 Å². The summed E-state index contributed by atoms with van der Waals surface area (Å²) in [6.07, 6.45) is 6.54. The first-order chi connectivity index (χ1) is 12.2. The summed E-state index contributed by atoms with van der Waals surface area (Å²) in [6, 6.07) is 14.4. The SMILES string of the molecule is Cc1cccn([C@@H](CN)CO[C@H]2CC[C@@H](c3ccccc3)CC2)c1=O. The Kier molecular flexibility index (Phi) is 6.05. The predicted octanol–water partition coefficient (Wildman–Crippen LogP) is 3.40. The van der Waals surface area contributed by atoms with E-state index in [0.29, 0.717) is 19.1 Å². The van der Waals surface area contributed by atoms with E-state index in [1.807, 2.05) is 25.3 Å². The second-order valence-electron chi connectivity index (χ2n) is 7.01. The molecule has 25 heavy (non-hydrogen) atoms. The van der Waals surface area contributed by atoms with Crippen LogP contribution in [0.25, 0.3) is 0 Å². The van der Waals surface area contributed by atoms with E-state index in [0.717, 1.165) is 31.2 Å². The van der Waals surface area contributed by atoms with E-state index in [4.69, 9.17) is 10.5 Å². The molecule has 0 bridgehead atoms. The molecule has 2 N–H and O–H groups in total. The molecular formula is C21H28N2O2. The van der Waals surface area contributed by atoms with Gasteiger partial charge in [0, 0.05) is 18.3 Å². The van der Waals surface area contributed by atoms with Crippen LogP contribution in [0.4, 0.5) is 0 Å². The molecule has 0 unspecified atom stereocenters. The lowest BCUT2D eigenvalue weighted by Gasteiger charge is -2.30. The number of nitrogens with zero attached hydrogens (tertiary/aromatic N) is 1. The fraction of sp³-hybridized carbons (Fsp3) is 0.476. The minimum absolute atomic E-state index is 0.0225. The maximum Gasteiger partial charge on any atom is 0.253 e. The summed E-state index contributed by atoms with van der Waals surface area (Å²) in [5.74, 6) is 0.644. The van der Waals surface area contributed by atoms with Crippen LogP contribution in [0.3, 0.4) is 0 Å². The first-order valence-corrected chi connectivity index (χ1v) is 9.23. The second-order valence-corrected chi connectivity index (χ2v) is 7.01. The van der Waals surface area contributed by atoms with Crippen molar-refractivity contribution >= 4 is 0 Å². The largest absolute Gasteiger partial charge is 0.376 e. The highest BCUT2D eigenvalue weighted by atomic mass is 16.5. The van der Waals surface area contributed by atoms with Crippen LogP contribution in [0, 0.1) is 6.92 Å². The van der Waals surface area contributed by atoms with Crippen molar-refractivity contribution in [3.63, 3.8) is 0 Å². The Bertz CT molecular complexity index is 718. The third kappa shape index (κ3) is 4.39. The quantitative estimate of drug-likeness (QED) is 0.877. The number of aryl methyl sites for hydroxylation is 1. The Morgan fingerprint density at radius 3 is 2.52 bits per heavy atom. The molecule has 0 radical (unpaired) electrons. The van der Waals surface area contributed by atoms with Gasteiger partial charge in [-0.1, -0.05) is 36.4 Å². The molecule has 0 aliphatic heterocycles. The van der Waals surface area contributed by atoms with Crippen LogP contribution in [0.5, 0.6) is 0 Å². The zero-order chi connectivity index (χ0) is 17.6. The van der Waals surface area contributed by atoms with Gasteiger partial charge in [0.15, 0.2) is 0 Å². The lowest BCUT2D eigenvalue weighted by atomic mass is 9.83. The Morgan fingerprint density at radius 1 is 1.12 bits per heavy atom. The highest BCUT2D eigenvalue weighted by Crippen LogP contribution is 2.34. The van der Waals surface area contributed by atoms with Gasteiger partial charge in [-0.15, -0.1) is 0 Å². The topological polar surface area (TPSA) is 57.2 Å². The highest BCUT2D eigenvalue weighted by molar-refractivity contribution is 5.19. The van der Waals surface area contributed by atoms with Crippen molar-refractivity contribution < 1.29 is 4.74 Å². The number of hydrogen-bond acceptors (Lipinski definition) is 3. The van der Waals surface area contributed by atoms with Crippen molar-refractivity contribution in [2.24, 2.45) is 5.73 Å². The molecule has 1 aromatic carbocycles. The fourth-order valence-corrected chi connectivity index (χ4v) is 3.71. The van der Waals surface area contributed by atoms with Crippen molar-refractivity contribution in [3.8, 4) is 0 Å². The summed E-state index contributed by atoms with van der Waals surface area (Å²) in [5, 5.41) is 0. The molecule has 4 nitrogen and oxygen atoms in total. The number of hydrogen-bond donors (Lipinski definition) is 1. The normalized spacial score (nSPS) is 21.8. The lowest BCUT2D eigenvalue weighted by Crippen LogP contribution is -2.34. The van der Waals surface area contributed by atoms with E-state index in [-0.39, 0.29) is 17.7 Å². The van der Waals surface area contributed by atoms with Crippen LogP contribution in [0.1, 0.15) is 48.8 Å². The van der Waals surface area contributed by atoms with Gasteiger partial charge in [-0.3, -0.25) is 4.79 Å². The van der Waals surface area contributed by atoms with Crippen LogP contribution in [-0.4, -0.2) is 23.8 Å². The van der Waals surface area contributed by atoms with Crippen molar-refractivity contribution in [3.05, 3.63) is 70.1 Å². The van der Waals surface area contributed by atoms with Crippen molar-refractivity contribution in [1.82, 2.24) is 4.57 Å². The Morgan fingerprint density at radius 2 is 1.84 bits per heavy atom. The molecule has 0 saturated heterocycles. The van der Waals surface area contributed by atoms with E-state index in [1.54, 1.807) is 4.57 Å². The number of rotatable bonds is 6. The van der Waals surface area contributed by atoms with Gasteiger partial charge in [-0.2, -0.15) is 0 Å². The average molecular weight is 340 g/mol. The summed E-state index contributed by atoms with van der Waals surface area (Å²) >= 11 is 0. The summed E-state index contributed by atoms with van der Waals surface area (Å²) in [4.78, 5) is 12.3. The van der Waals surface area contributed by atoms with Gasteiger partial charge in [-0.05, 0) is 50.2 Å². The fourth-order valence-electron chi connectivity index (χ4n) is 3.71. The summed E-state index contributed by atoms with van der Waals surface area (Å²) in [7, 11) is 0. The summed E-state index contributed by atoms with van der Waals surface area (Å²) < 4.78 is 7.84. The molecule has 1 aliphatic carbocycles. The van der Waals surface area contributed by atoms with Crippen molar-refractivity contribution in [2.45, 2.75) is 50.7 Å². The van der Waals surface area contributed by atoms with Gasteiger partial charge >= 0.3 is 0 Å². The molecule has 4 heteroatoms. The van der Waals surface area contributed by atoms with Gasteiger partial charge in [0.1, 0.15) is 0 Å². The molecule has 0 amide bonds. The Labute approximate surface area is 149 Å². The van der Waals surface area contributed by atoms with Crippen LogP contribution in [0.15, 0.2) is 53.5 Å². The Hall–Kier alpha value is -1.91. The third-order valence-electron chi connectivity index (χ3n) is 5.30. The summed E-state index contributed by atoms with van der Waals surface area (Å²) in [6.45, 7) is 2.74. The molecule has 3 rings (SSSR count). The Balaban J connectivity index is 1.53. The number of ether oxygens (including phenoxy) is 1. The first kappa shape index (κ1) is 17.9. The maximum absolute atomic E-state index is 12.3. The molecule has 1 aliphatic rings. The van der Waals surface area contributed by atoms with E-state index in [2.05, 4.69) is 30.3 Å². The van der Waals surface area contributed by atoms with Crippen molar-refractivity contribution in [1.29, 1.82) is 0 Å². The van der Waals surface area contributed by atoms with Gasteiger partial charge in [0.25, 0.3) is 5.56 Å². The predicted molar refractivity (Wildman–Crippen MR) is 101 cm³/mol. The standard InChI is InChI=1S/C21H28N2O2/c1-16-6-5-13-23(21(16)24)19(14-22)15-25-20-11-9-18(10-12-20)17-7-3-2-4-8-17/h2-8,13,18-20H,9-12,14-15,22H2,1H3/t18-,19-,20+/m0/s1. The first-order valence-electron chi connectivity index (χ1n) is 9.23. The lowest BCUT2D eigenvalue weighted by molar-refractivity contribution is 0.00784. The molecule has 134 valence electrons. The van der Waals surface area contributed by atoms with Gasteiger partial charge in [-0.25, -0.2) is 0 Å². The molecule has 1 fully saturated rings. The molecule has 1 aromatic heterocycles. The number of nitrogens with two attached hydrogens (primary N) is 1. The molecule has 0 spiro atoms. The average Bonchev–Trinajstić information content (AvgIpc) is 2.66. The highest BCUT2D eigenvalue weighted by Gasteiger charge is 2.23. The smallest absolute Gasteiger partial charge is 0.253 e. The van der Waals surface area contributed by atoms with Gasteiger partial charge in [0.2, 0.25) is 0 Å². The van der Waals surface area contributed by atoms with Crippen LogP contribution in [0.2, 0.25) is 0 Å². The monoisotopic (exact) mass is 340 g/mol. The zero-order valence-electron chi connectivity index (χ0n) is 14.9. The van der Waals surface area contributed by atoms with Gasteiger partial charge in [0.05, 0.1) is 18.8 Å². The van der Waals surface area contributed by atoms with Crippen molar-refractivity contribution in [2.75, 3.05) is 13.2 Å². The molecule has 2 aromatic rings. The molecular weight excluding hydrogens is 312 g/mol. The van der Waals surface area contributed by atoms with Gasteiger partial charge < -0.3 is 15.0 Å². The van der Waals surface area contributed by atoms with E-state index in [9.17, 15) is 4.79 Å². The minimum atomic E-state index is -0.0979. The van der Waals surface area contributed by atoms with E-state index >= 15 is 0 Å². The number of aromatic nitrogens is 1. The molecule has 1 atom stereocenters. The molecule has 1 saturated carbocycles. The van der Waals surface area contributed by atoms with E-state index in [1.165, 1.54) is 5.56 Å². The zero-order valence-corrected chi connectivity index (χ0v) is 14.9. The van der Waals surface area contributed by atoms with Crippen LogP contribution < -0.4 is 11.3 Å². The number of benzene rings is 1. The second kappa shape index (κ2) is 8.45. The number of pyridine rings is 1. The third-order valence-corrected chi connectivity index (χ3v) is 5.30. The summed E-state index contributed by atoms with van der Waals surface area (Å²) in [5.41, 5.74) is 8.10. The minimum Gasteiger partial charge on any atom is -0.376 e. The molecule has 1 heterocycles. The maximum atomic E-state index is 12.3. The van der Waals surface area contributed by atoms with Crippen LogP contribution in [-0.2, 0) is 4.74 Å². The van der Waals surface area contributed by atoms with Crippen LogP contribution >= 0.6 is 0 Å².